The van der Waals surface area contributed by atoms with Gasteiger partial charge in [0.1, 0.15) is 12.4 Å². The quantitative estimate of drug-likeness (QED) is 0.245. The predicted molar refractivity (Wildman–Crippen MR) is 113 cm³/mol. The summed E-state index contributed by atoms with van der Waals surface area (Å²) >= 11 is 3.35. The molecule has 0 aliphatic carbocycles. The van der Waals surface area contributed by atoms with Gasteiger partial charge in [0, 0.05) is 22.5 Å². The summed E-state index contributed by atoms with van der Waals surface area (Å²) in [6.45, 7) is 1.71. The van der Waals surface area contributed by atoms with Crippen LogP contribution in [0.4, 0.5) is 5.69 Å². The number of hydrogen-bond donors (Lipinski definition) is 0. The first-order chi connectivity index (χ1) is 14.0. The number of rotatable bonds is 6. The molecule has 146 valence electrons. The van der Waals surface area contributed by atoms with Crippen LogP contribution in [0.3, 0.4) is 0 Å². The molecule has 3 aromatic rings. The summed E-state index contributed by atoms with van der Waals surface area (Å²) in [5.74, 6) is 2.72. The molecule has 2 aromatic carbocycles. The van der Waals surface area contributed by atoms with Crippen LogP contribution in [0.2, 0.25) is 0 Å². The number of fused-ring (bicyclic) bond motifs is 1. The van der Waals surface area contributed by atoms with Crippen LogP contribution in [-0.4, -0.2) is 27.4 Å². The van der Waals surface area contributed by atoms with Gasteiger partial charge in [-0.25, -0.2) is 4.98 Å². The Balaban J connectivity index is 2.15. The normalized spacial score (nSPS) is 10.9. The minimum atomic E-state index is -0.568. The van der Waals surface area contributed by atoms with Gasteiger partial charge in [-0.1, -0.05) is 34.8 Å². The fraction of sp³-hybridized carbons (Fsp3) is 0.150. The third-order valence-electron chi connectivity index (χ3n) is 4.03. The molecule has 0 radical (unpaired) electrons. The second-order valence-electron chi connectivity index (χ2n) is 5.85. The lowest BCUT2D eigenvalue weighted by Crippen LogP contribution is -2.22. The number of nitro benzene ring substituents is 1. The van der Waals surface area contributed by atoms with E-state index < -0.39 is 4.92 Å². The highest BCUT2D eigenvalue weighted by atomic mass is 79.9. The molecule has 0 bridgehead atoms. The number of nitrogens with zero attached hydrogens (tertiary/aromatic N) is 4. The maximum absolute atomic E-state index is 12.9. The van der Waals surface area contributed by atoms with Crippen LogP contribution in [0.1, 0.15) is 18.3 Å². The van der Waals surface area contributed by atoms with Gasteiger partial charge in [-0.2, -0.15) is 9.78 Å². The van der Waals surface area contributed by atoms with Gasteiger partial charge in [0.25, 0.3) is 5.56 Å². The van der Waals surface area contributed by atoms with Crippen molar-refractivity contribution in [3.63, 3.8) is 0 Å². The fourth-order valence-corrected chi connectivity index (χ4v) is 3.08. The highest BCUT2D eigenvalue weighted by Crippen LogP contribution is 2.30. The van der Waals surface area contributed by atoms with E-state index in [9.17, 15) is 14.9 Å². The van der Waals surface area contributed by atoms with Crippen molar-refractivity contribution < 1.29 is 9.66 Å². The molecule has 0 amide bonds. The lowest BCUT2D eigenvalue weighted by atomic mass is 10.2. The lowest BCUT2D eigenvalue weighted by molar-refractivity contribution is -0.385. The molecule has 29 heavy (non-hydrogen) atoms. The maximum Gasteiger partial charge on any atom is 0.311 e. The summed E-state index contributed by atoms with van der Waals surface area (Å²) in [6.07, 6.45) is 6.99. The Labute approximate surface area is 174 Å². The van der Waals surface area contributed by atoms with Crippen molar-refractivity contribution in [1.82, 2.24) is 9.66 Å². The first-order valence-electron chi connectivity index (χ1n) is 8.55. The number of benzene rings is 2. The van der Waals surface area contributed by atoms with E-state index in [4.69, 9.17) is 11.2 Å². The molecule has 0 spiro atoms. The largest absolute Gasteiger partial charge is 0.473 e. The van der Waals surface area contributed by atoms with Crippen LogP contribution >= 0.6 is 15.9 Å². The Hall–Kier alpha value is -3.51. The van der Waals surface area contributed by atoms with Crippen molar-refractivity contribution in [3.05, 3.63) is 72.7 Å². The first-order valence-corrected chi connectivity index (χ1v) is 9.34. The standard InChI is InChI=1S/C20H15BrN4O4/c1-3-10-29-19-13(6-5-7-17(19)25(27)28)12-22-24-18(4-2)23-16-9-8-14(21)11-15(16)20(24)26/h1,5-9,11-12H,4,10H2,2H3. The molecule has 0 fully saturated rings. The number of aryl methyl sites for hydroxylation is 1. The number of hydrogen-bond acceptors (Lipinski definition) is 6. The minimum absolute atomic E-state index is 0.0122. The van der Waals surface area contributed by atoms with Gasteiger partial charge in [0.2, 0.25) is 5.75 Å². The molecule has 0 aliphatic rings. The zero-order valence-corrected chi connectivity index (χ0v) is 16.9. The Kier molecular flexibility index (Phi) is 6.04. The van der Waals surface area contributed by atoms with Gasteiger partial charge >= 0.3 is 5.69 Å². The maximum atomic E-state index is 12.9. The van der Waals surface area contributed by atoms with Gasteiger partial charge in [0.05, 0.1) is 22.0 Å². The molecule has 0 saturated carbocycles. The van der Waals surface area contributed by atoms with Crippen LogP contribution < -0.4 is 10.3 Å². The van der Waals surface area contributed by atoms with E-state index in [2.05, 4.69) is 31.9 Å². The van der Waals surface area contributed by atoms with E-state index in [1.807, 2.05) is 6.92 Å². The summed E-state index contributed by atoms with van der Waals surface area (Å²) in [6, 6.07) is 9.62. The number of aromatic nitrogens is 2. The van der Waals surface area contributed by atoms with Crippen molar-refractivity contribution in [2.75, 3.05) is 6.61 Å². The summed E-state index contributed by atoms with van der Waals surface area (Å²) in [7, 11) is 0. The average molecular weight is 455 g/mol. The molecule has 9 heteroatoms. The van der Waals surface area contributed by atoms with Crippen LogP contribution in [0.5, 0.6) is 5.75 Å². The Bertz CT molecular complexity index is 1230. The summed E-state index contributed by atoms with van der Waals surface area (Å²) in [5, 5.41) is 15.9. The van der Waals surface area contributed by atoms with Crippen molar-refractivity contribution in [1.29, 1.82) is 0 Å². The topological polar surface area (TPSA) is 99.6 Å². The van der Waals surface area contributed by atoms with E-state index in [0.717, 1.165) is 4.47 Å². The van der Waals surface area contributed by atoms with Gasteiger partial charge in [-0.05, 0) is 24.3 Å². The summed E-state index contributed by atoms with van der Waals surface area (Å²) in [5.41, 5.74) is 0.293. The summed E-state index contributed by atoms with van der Waals surface area (Å²) in [4.78, 5) is 28.2. The molecule has 0 saturated heterocycles. The minimum Gasteiger partial charge on any atom is -0.473 e. The molecule has 1 aromatic heterocycles. The van der Waals surface area contributed by atoms with Crippen LogP contribution in [0, 0.1) is 22.5 Å². The fourth-order valence-electron chi connectivity index (χ4n) is 2.72. The molecule has 8 nitrogen and oxygen atoms in total. The van der Waals surface area contributed by atoms with Crippen molar-refractivity contribution in [2.24, 2.45) is 5.10 Å². The van der Waals surface area contributed by atoms with E-state index in [0.29, 0.717) is 28.7 Å². The third kappa shape index (κ3) is 4.17. The first kappa shape index (κ1) is 20.2. The molecule has 0 aliphatic heterocycles. The van der Waals surface area contributed by atoms with Crippen molar-refractivity contribution in [2.45, 2.75) is 13.3 Å². The van der Waals surface area contributed by atoms with Gasteiger partial charge < -0.3 is 4.74 Å². The van der Waals surface area contributed by atoms with Crippen LogP contribution in [0.25, 0.3) is 10.9 Å². The number of nitro groups is 1. The van der Waals surface area contributed by atoms with Crippen molar-refractivity contribution in [3.8, 4) is 18.1 Å². The second kappa shape index (κ2) is 8.67. The van der Waals surface area contributed by atoms with E-state index in [1.54, 1.807) is 24.3 Å². The SMILES string of the molecule is C#CCOc1c(C=Nn2c(CC)nc3ccc(Br)cc3c2=O)cccc1[N+](=O)[O-]. The number of ether oxygens (including phenoxy) is 1. The average Bonchev–Trinajstić information content (AvgIpc) is 2.71. The summed E-state index contributed by atoms with van der Waals surface area (Å²) < 4.78 is 7.28. The Morgan fingerprint density at radius 2 is 2.21 bits per heavy atom. The van der Waals surface area contributed by atoms with E-state index in [-0.39, 0.29) is 23.6 Å². The highest BCUT2D eigenvalue weighted by molar-refractivity contribution is 9.10. The second-order valence-corrected chi connectivity index (χ2v) is 6.77. The van der Waals surface area contributed by atoms with E-state index >= 15 is 0 Å². The molecule has 0 N–H and O–H groups in total. The predicted octanol–water partition coefficient (Wildman–Crippen LogP) is 3.52. The number of halogens is 1. The smallest absolute Gasteiger partial charge is 0.311 e. The third-order valence-corrected chi connectivity index (χ3v) is 4.52. The van der Waals surface area contributed by atoms with Gasteiger partial charge in [-0.3, -0.25) is 14.9 Å². The number of terminal acetylenes is 1. The van der Waals surface area contributed by atoms with Crippen molar-refractivity contribution >= 4 is 38.7 Å². The molecule has 0 atom stereocenters. The Morgan fingerprint density at radius 1 is 1.41 bits per heavy atom. The molecule has 1 heterocycles. The van der Waals surface area contributed by atoms with Gasteiger partial charge in [-0.15, -0.1) is 6.42 Å². The molecule has 3 rings (SSSR count). The van der Waals surface area contributed by atoms with Crippen LogP contribution in [0.15, 0.2) is 50.8 Å². The van der Waals surface area contributed by atoms with E-state index in [1.165, 1.54) is 23.0 Å². The molecular weight excluding hydrogens is 440 g/mol. The zero-order chi connectivity index (χ0) is 21.0. The molecular formula is C20H15BrN4O4. The Morgan fingerprint density at radius 3 is 2.90 bits per heavy atom. The monoisotopic (exact) mass is 454 g/mol. The zero-order valence-electron chi connectivity index (χ0n) is 15.3. The highest BCUT2D eigenvalue weighted by Gasteiger charge is 2.18. The van der Waals surface area contributed by atoms with Crippen LogP contribution in [-0.2, 0) is 6.42 Å². The van der Waals surface area contributed by atoms with Gasteiger partial charge in [0.15, 0.2) is 0 Å². The number of para-hydroxylation sites is 1. The lowest BCUT2D eigenvalue weighted by Gasteiger charge is -2.09. The molecule has 0 unspecified atom stereocenters.